The SMILES string of the molecule is Cc1cc2c(NC3CCCCC3(C)C(=O)O)nccn2n1. The monoisotopic (exact) mass is 288 g/mol. The number of carboxylic acids is 1. The van der Waals surface area contributed by atoms with Crippen molar-refractivity contribution in [2.75, 3.05) is 5.32 Å². The van der Waals surface area contributed by atoms with Crippen LogP contribution in [0, 0.1) is 12.3 Å². The zero-order valence-corrected chi connectivity index (χ0v) is 12.3. The largest absolute Gasteiger partial charge is 0.481 e. The van der Waals surface area contributed by atoms with Crippen LogP contribution in [0.1, 0.15) is 38.3 Å². The predicted molar refractivity (Wildman–Crippen MR) is 79.3 cm³/mol. The Kier molecular flexibility index (Phi) is 3.31. The zero-order chi connectivity index (χ0) is 15.0. The Morgan fingerprint density at radius 2 is 2.33 bits per heavy atom. The summed E-state index contributed by atoms with van der Waals surface area (Å²) < 4.78 is 1.77. The molecule has 3 rings (SSSR count). The topological polar surface area (TPSA) is 79.5 Å². The lowest BCUT2D eigenvalue weighted by Gasteiger charge is -2.38. The van der Waals surface area contributed by atoms with Crippen molar-refractivity contribution in [3.05, 3.63) is 24.2 Å². The molecular formula is C15H20N4O2. The smallest absolute Gasteiger partial charge is 0.311 e. The molecule has 2 atom stereocenters. The van der Waals surface area contributed by atoms with Crippen molar-refractivity contribution in [3.8, 4) is 0 Å². The fourth-order valence-electron chi connectivity index (χ4n) is 3.14. The molecule has 1 aliphatic carbocycles. The van der Waals surface area contributed by atoms with E-state index >= 15 is 0 Å². The summed E-state index contributed by atoms with van der Waals surface area (Å²) in [6.45, 7) is 3.76. The highest BCUT2D eigenvalue weighted by molar-refractivity contribution is 5.77. The fourth-order valence-corrected chi connectivity index (χ4v) is 3.14. The Hall–Kier alpha value is -2.11. The van der Waals surface area contributed by atoms with Gasteiger partial charge in [-0.15, -0.1) is 0 Å². The minimum absolute atomic E-state index is 0.113. The van der Waals surface area contributed by atoms with Crippen LogP contribution in [-0.4, -0.2) is 31.7 Å². The molecular weight excluding hydrogens is 268 g/mol. The van der Waals surface area contributed by atoms with Gasteiger partial charge in [-0.2, -0.15) is 5.10 Å². The molecule has 2 N–H and O–H groups in total. The summed E-state index contributed by atoms with van der Waals surface area (Å²) in [7, 11) is 0. The highest BCUT2D eigenvalue weighted by Gasteiger charge is 2.43. The van der Waals surface area contributed by atoms with E-state index in [1.54, 1.807) is 16.9 Å². The molecule has 112 valence electrons. The average Bonchev–Trinajstić information content (AvgIpc) is 2.82. The Labute approximate surface area is 123 Å². The fraction of sp³-hybridized carbons (Fsp3) is 0.533. The first-order valence-corrected chi connectivity index (χ1v) is 7.31. The summed E-state index contributed by atoms with van der Waals surface area (Å²) in [5.41, 5.74) is 1.05. The van der Waals surface area contributed by atoms with Crippen molar-refractivity contribution in [3.63, 3.8) is 0 Å². The molecule has 0 spiro atoms. The molecule has 1 aliphatic rings. The van der Waals surface area contributed by atoms with Crippen LogP contribution in [-0.2, 0) is 4.79 Å². The Morgan fingerprint density at radius 1 is 1.52 bits per heavy atom. The first-order chi connectivity index (χ1) is 10.0. The van der Waals surface area contributed by atoms with E-state index in [1.807, 2.05) is 19.9 Å². The number of nitrogens with one attached hydrogen (secondary N) is 1. The van der Waals surface area contributed by atoms with Crippen LogP contribution in [0.15, 0.2) is 18.5 Å². The number of carboxylic acid groups (broad SMARTS) is 1. The Bertz CT molecular complexity index is 681. The number of hydrogen-bond acceptors (Lipinski definition) is 4. The van der Waals surface area contributed by atoms with Gasteiger partial charge in [0.1, 0.15) is 5.52 Å². The zero-order valence-electron chi connectivity index (χ0n) is 12.3. The van der Waals surface area contributed by atoms with Gasteiger partial charge in [0.05, 0.1) is 11.1 Å². The molecule has 21 heavy (non-hydrogen) atoms. The number of aliphatic carboxylic acids is 1. The van der Waals surface area contributed by atoms with Crippen LogP contribution in [0.3, 0.4) is 0 Å². The van der Waals surface area contributed by atoms with E-state index in [1.165, 1.54) is 0 Å². The number of anilines is 1. The quantitative estimate of drug-likeness (QED) is 0.907. The van der Waals surface area contributed by atoms with Gasteiger partial charge in [-0.3, -0.25) is 4.79 Å². The van der Waals surface area contributed by atoms with Gasteiger partial charge in [0, 0.05) is 18.4 Å². The highest BCUT2D eigenvalue weighted by atomic mass is 16.4. The van der Waals surface area contributed by atoms with Gasteiger partial charge in [-0.25, -0.2) is 9.50 Å². The average molecular weight is 288 g/mol. The maximum absolute atomic E-state index is 11.7. The lowest BCUT2D eigenvalue weighted by atomic mass is 9.71. The summed E-state index contributed by atoms with van der Waals surface area (Å²) in [5.74, 6) is -0.0335. The molecule has 2 aromatic rings. The number of nitrogens with zero attached hydrogens (tertiary/aromatic N) is 3. The van der Waals surface area contributed by atoms with E-state index in [9.17, 15) is 9.90 Å². The van der Waals surface area contributed by atoms with Crippen LogP contribution >= 0.6 is 0 Å². The molecule has 0 radical (unpaired) electrons. The van der Waals surface area contributed by atoms with Gasteiger partial charge in [0.25, 0.3) is 0 Å². The molecule has 1 saturated carbocycles. The molecule has 2 unspecified atom stereocenters. The maximum atomic E-state index is 11.7. The lowest BCUT2D eigenvalue weighted by molar-refractivity contribution is -0.150. The predicted octanol–water partition coefficient (Wildman–Crippen LogP) is 2.48. The van der Waals surface area contributed by atoms with E-state index in [4.69, 9.17) is 0 Å². The van der Waals surface area contributed by atoms with E-state index in [-0.39, 0.29) is 6.04 Å². The molecule has 0 saturated heterocycles. The normalized spacial score (nSPS) is 25.9. The van der Waals surface area contributed by atoms with Gasteiger partial charge in [-0.1, -0.05) is 12.8 Å². The van der Waals surface area contributed by atoms with Gasteiger partial charge < -0.3 is 10.4 Å². The van der Waals surface area contributed by atoms with Crippen LogP contribution in [0.25, 0.3) is 5.52 Å². The van der Waals surface area contributed by atoms with E-state index < -0.39 is 11.4 Å². The van der Waals surface area contributed by atoms with Crippen LogP contribution in [0.4, 0.5) is 5.82 Å². The van der Waals surface area contributed by atoms with Gasteiger partial charge in [0.2, 0.25) is 0 Å². The number of aryl methyl sites for hydroxylation is 1. The summed E-state index contributed by atoms with van der Waals surface area (Å²) in [6, 6.07) is 1.84. The molecule has 0 aromatic carbocycles. The molecule has 0 amide bonds. The van der Waals surface area contributed by atoms with Gasteiger partial charge in [-0.05, 0) is 32.8 Å². The first kappa shape index (κ1) is 13.9. The second-order valence-electron chi connectivity index (χ2n) is 6.06. The molecule has 6 nitrogen and oxygen atoms in total. The van der Waals surface area contributed by atoms with E-state index in [0.717, 1.165) is 30.5 Å². The van der Waals surface area contributed by atoms with Crippen LogP contribution < -0.4 is 5.32 Å². The molecule has 2 aromatic heterocycles. The van der Waals surface area contributed by atoms with Crippen molar-refractivity contribution in [1.29, 1.82) is 0 Å². The van der Waals surface area contributed by atoms with E-state index in [2.05, 4.69) is 15.4 Å². The standard InChI is InChI=1S/C15H20N4O2/c1-10-9-11-13(16-7-8-19(11)18-10)17-12-5-3-4-6-15(12,2)14(20)21/h7-9,12H,3-6H2,1-2H3,(H,16,17)(H,20,21). The first-order valence-electron chi connectivity index (χ1n) is 7.31. The lowest BCUT2D eigenvalue weighted by Crippen LogP contribution is -2.46. The number of hydrogen-bond donors (Lipinski definition) is 2. The molecule has 0 aliphatic heterocycles. The van der Waals surface area contributed by atoms with E-state index in [0.29, 0.717) is 12.2 Å². The molecule has 1 fully saturated rings. The van der Waals surface area contributed by atoms with Crippen LogP contribution in [0.5, 0.6) is 0 Å². The Morgan fingerprint density at radius 3 is 3.10 bits per heavy atom. The van der Waals surface area contributed by atoms with Crippen molar-refractivity contribution in [2.45, 2.75) is 45.6 Å². The summed E-state index contributed by atoms with van der Waals surface area (Å²) >= 11 is 0. The molecule has 6 heteroatoms. The van der Waals surface area contributed by atoms with Crippen molar-refractivity contribution < 1.29 is 9.90 Å². The third-order valence-electron chi connectivity index (χ3n) is 4.52. The third kappa shape index (κ3) is 2.34. The second-order valence-corrected chi connectivity index (χ2v) is 6.06. The van der Waals surface area contributed by atoms with Crippen LogP contribution in [0.2, 0.25) is 0 Å². The second kappa shape index (κ2) is 5.02. The minimum atomic E-state index is -0.748. The van der Waals surface area contributed by atoms with Gasteiger partial charge >= 0.3 is 5.97 Å². The van der Waals surface area contributed by atoms with Crippen molar-refractivity contribution >= 4 is 17.3 Å². The number of carbonyl (C=O) groups is 1. The summed E-state index contributed by atoms with van der Waals surface area (Å²) in [5, 5.41) is 17.3. The number of fused-ring (bicyclic) bond motifs is 1. The number of aromatic nitrogens is 3. The molecule has 0 bridgehead atoms. The van der Waals surface area contributed by atoms with Gasteiger partial charge in [0.15, 0.2) is 5.82 Å². The van der Waals surface area contributed by atoms with Crippen molar-refractivity contribution in [1.82, 2.24) is 14.6 Å². The molecule has 2 heterocycles. The number of rotatable bonds is 3. The minimum Gasteiger partial charge on any atom is -0.481 e. The summed E-state index contributed by atoms with van der Waals surface area (Å²) in [4.78, 5) is 16.0. The third-order valence-corrected chi connectivity index (χ3v) is 4.52. The summed E-state index contributed by atoms with van der Waals surface area (Å²) in [6.07, 6.45) is 7.03. The maximum Gasteiger partial charge on any atom is 0.311 e. The Balaban J connectivity index is 1.95. The van der Waals surface area contributed by atoms with Crippen molar-refractivity contribution in [2.24, 2.45) is 5.41 Å². The highest BCUT2D eigenvalue weighted by Crippen LogP contribution is 2.38.